The van der Waals surface area contributed by atoms with Crippen molar-refractivity contribution in [1.82, 2.24) is 19.5 Å². The summed E-state index contributed by atoms with van der Waals surface area (Å²) in [6.45, 7) is -0.223. The molecule has 0 aliphatic rings. The van der Waals surface area contributed by atoms with Gasteiger partial charge in [0.05, 0.1) is 0 Å². The van der Waals surface area contributed by atoms with Crippen LogP contribution in [0.1, 0.15) is 18.4 Å². The first kappa shape index (κ1) is 18.4. The van der Waals surface area contributed by atoms with Gasteiger partial charge in [-0.1, -0.05) is 36.4 Å². The normalized spacial score (nSPS) is 12.0. The second kappa shape index (κ2) is 8.31. The van der Waals surface area contributed by atoms with E-state index in [-0.39, 0.29) is 24.9 Å². The maximum absolute atomic E-state index is 12.4. The van der Waals surface area contributed by atoms with E-state index in [0.717, 1.165) is 10.2 Å². The van der Waals surface area contributed by atoms with E-state index in [0.29, 0.717) is 18.5 Å². The van der Waals surface area contributed by atoms with Crippen LogP contribution in [0, 0.1) is 0 Å². The summed E-state index contributed by atoms with van der Waals surface area (Å²) in [4.78, 5) is 35.6. The third-order valence-electron chi connectivity index (χ3n) is 4.18. The zero-order valence-electron chi connectivity index (χ0n) is 14.6. The lowest BCUT2D eigenvalue weighted by molar-refractivity contribution is -0.137. The fourth-order valence-electron chi connectivity index (χ4n) is 2.90. The topological polar surface area (TPSA) is 106 Å². The predicted octanol–water partition coefficient (Wildman–Crippen LogP) is 1.09. The second-order valence-electron chi connectivity index (χ2n) is 6.26. The molecule has 8 nitrogen and oxygen atoms in total. The number of hydrogen-bond donors (Lipinski definition) is 2. The molecule has 0 bridgehead atoms. The molecule has 1 amide bonds. The highest BCUT2D eigenvalue weighted by molar-refractivity contribution is 5.76. The average Bonchev–Trinajstić information content (AvgIpc) is 2.96. The summed E-state index contributed by atoms with van der Waals surface area (Å²) in [6, 6.07) is 14.3. The molecule has 2 heterocycles. The largest absolute Gasteiger partial charge is 0.481 e. The van der Waals surface area contributed by atoms with E-state index in [9.17, 15) is 14.4 Å². The van der Waals surface area contributed by atoms with Crippen LogP contribution in [-0.2, 0) is 22.6 Å². The first-order valence-corrected chi connectivity index (χ1v) is 8.62. The van der Waals surface area contributed by atoms with Crippen LogP contribution in [-0.4, -0.2) is 37.2 Å². The number of amides is 1. The number of nitrogens with one attached hydrogen (secondary N) is 1. The van der Waals surface area contributed by atoms with Gasteiger partial charge in [0, 0.05) is 18.7 Å². The van der Waals surface area contributed by atoms with E-state index in [1.807, 2.05) is 30.3 Å². The monoisotopic (exact) mass is 368 g/mol. The van der Waals surface area contributed by atoms with Crippen LogP contribution in [0.3, 0.4) is 0 Å². The highest BCUT2D eigenvalue weighted by Gasteiger charge is 2.17. The SMILES string of the molecule is O=C(O)CCC(Cc1ccccc1)NC(=O)Cn1nc2ccccn2c1=O. The number of fused-ring (bicyclic) bond motifs is 1. The van der Waals surface area contributed by atoms with Gasteiger partial charge in [0.25, 0.3) is 0 Å². The van der Waals surface area contributed by atoms with Gasteiger partial charge in [-0.05, 0) is 30.5 Å². The molecule has 1 unspecified atom stereocenters. The molecule has 0 fully saturated rings. The van der Waals surface area contributed by atoms with Crippen molar-refractivity contribution in [3.05, 3.63) is 70.8 Å². The van der Waals surface area contributed by atoms with E-state index in [1.165, 1.54) is 4.40 Å². The molecule has 3 rings (SSSR count). The Balaban J connectivity index is 1.69. The molecule has 0 saturated heterocycles. The third-order valence-corrected chi connectivity index (χ3v) is 4.18. The van der Waals surface area contributed by atoms with Gasteiger partial charge in [-0.3, -0.25) is 14.0 Å². The molecule has 2 aromatic heterocycles. The van der Waals surface area contributed by atoms with Gasteiger partial charge in [-0.15, -0.1) is 5.10 Å². The van der Waals surface area contributed by atoms with Crippen molar-refractivity contribution >= 4 is 17.5 Å². The van der Waals surface area contributed by atoms with E-state index in [2.05, 4.69) is 10.4 Å². The van der Waals surface area contributed by atoms with Crippen molar-refractivity contribution in [3.63, 3.8) is 0 Å². The molecule has 0 aliphatic heterocycles. The zero-order valence-corrected chi connectivity index (χ0v) is 14.6. The summed E-state index contributed by atoms with van der Waals surface area (Å²) < 4.78 is 2.46. The van der Waals surface area contributed by atoms with Gasteiger partial charge < -0.3 is 10.4 Å². The first-order chi connectivity index (χ1) is 13.0. The summed E-state index contributed by atoms with van der Waals surface area (Å²) in [7, 11) is 0. The number of nitrogens with zero attached hydrogens (tertiary/aromatic N) is 3. The fraction of sp³-hybridized carbons (Fsp3) is 0.263. The lowest BCUT2D eigenvalue weighted by Gasteiger charge is -2.18. The third kappa shape index (κ3) is 4.81. The quantitative estimate of drug-likeness (QED) is 0.619. The lowest BCUT2D eigenvalue weighted by atomic mass is 10.0. The van der Waals surface area contributed by atoms with Crippen LogP contribution >= 0.6 is 0 Å². The molecule has 1 aromatic carbocycles. The van der Waals surface area contributed by atoms with Gasteiger partial charge in [0.1, 0.15) is 6.54 Å². The number of aliphatic carboxylic acids is 1. The standard InChI is InChI=1S/C19H20N4O4/c24-17(13-23-19(27)22-11-5-4-8-16(22)21-23)20-15(9-10-18(25)26)12-14-6-2-1-3-7-14/h1-8,11,15H,9-10,12-13H2,(H,20,24)(H,25,26). The van der Waals surface area contributed by atoms with Gasteiger partial charge in [0.15, 0.2) is 5.65 Å². The summed E-state index contributed by atoms with van der Waals surface area (Å²) >= 11 is 0. The molecule has 27 heavy (non-hydrogen) atoms. The minimum atomic E-state index is -0.918. The van der Waals surface area contributed by atoms with Gasteiger partial charge in [-0.2, -0.15) is 0 Å². The summed E-state index contributed by atoms with van der Waals surface area (Å²) in [5.74, 6) is -1.30. The van der Waals surface area contributed by atoms with Crippen LogP contribution in [0.4, 0.5) is 0 Å². The molecule has 0 radical (unpaired) electrons. The molecular weight excluding hydrogens is 348 g/mol. The maximum Gasteiger partial charge on any atom is 0.350 e. The smallest absolute Gasteiger partial charge is 0.350 e. The van der Waals surface area contributed by atoms with Crippen LogP contribution in [0.5, 0.6) is 0 Å². The number of carboxylic acids is 1. The zero-order chi connectivity index (χ0) is 19.2. The van der Waals surface area contributed by atoms with Crippen molar-refractivity contribution in [2.75, 3.05) is 0 Å². The predicted molar refractivity (Wildman–Crippen MR) is 98.4 cm³/mol. The maximum atomic E-state index is 12.4. The highest BCUT2D eigenvalue weighted by Crippen LogP contribution is 2.08. The minimum absolute atomic E-state index is 0.0495. The van der Waals surface area contributed by atoms with Crippen LogP contribution < -0.4 is 11.0 Å². The molecular formula is C19H20N4O4. The number of carbonyl (C=O) groups is 2. The first-order valence-electron chi connectivity index (χ1n) is 8.62. The Hall–Kier alpha value is -3.42. The molecule has 0 spiro atoms. The fourth-order valence-corrected chi connectivity index (χ4v) is 2.90. The van der Waals surface area contributed by atoms with Crippen molar-refractivity contribution in [1.29, 1.82) is 0 Å². The number of hydrogen-bond acceptors (Lipinski definition) is 4. The lowest BCUT2D eigenvalue weighted by Crippen LogP contribution is -2.40. The number of carbonyl (C=O) groups excluding carboxylic acids is 1. The summed E-state index contributed by atoms with van der Waals surface area (Å²) in [6.07, 6.45) is 2.35. The minimum Gasteiger partial charge on any atom is -0.481 e. The van der Waals surface area contributed by atoms with E-state index in [4.69, 9.17) is 5.11 Å². The number of rotatable bonds is 8. The summed E-state index contributed by atoms with van der Waals surface area (Å²) in [5, 5.41) is 15.9. The van der Waals surface area contributed by atoms with Gasteiger partial charge >= 0.3 is 11.7 Å². The van der Waals surface area contributed by atoms with Crippen molar-refractivity contribution in [2.24, 2.45) is 0 Å². The number of carboxylic acid groups (broad SMARTS) is 1. The highest BCUT2D eigenvalue weighted by atomic mass is 16.4. The van der Waals surface area contributed by atoms with E-state index in [1.54, 1.807) is 24.4 Å². The van der Waals surface area contributed by atoms with Crippen molar-refractivity contribution in [3.8, 4) is 0 Å². The van der Waals surface area contributed by atoms with Gasteiger partial charge in [0.2, 0.25) is 5.91 Å². The van der Waals surface area contributed by atoms with E-state index >= 15 is 0 Å². The average molecular weight is 368 g/mol. The molecule has 8 heteroatoms. The van der Waals surface area contributed by atoms with Crippen LogP contribution in [0.25, 0.3) is 5.65 Å². The van der Waals surface area contributed by atoms with Crippen LogP contribution in [0.15, 0.2) is 59.5 Å². The Morgan fingerprint density at radius 2 is 1.85 bits per heavy atom. The molecule has 2 N–H and O–H groups in total. The Labute approximate surface area is 155 Å². The number of benzene rings is 1. The Morgan fingerprint density at radius 1 is 1.11 bits per heavy atom. The Morgan fingerprint density at radius 3 is 2.56 bits per heavy atom. The summed E-state index contributed by atoms with van der Waals surface area (Å²) in [5.41, 5.74) is 1.06. The van der Waals surface area contributed by atoms with Gasteiger partial charge in [-0.25, -0.2) is 9.48 Å². The van der Waals surface area contributed by atoms with E-state index < -0.39 is 11.7 Å². The Bertz CT molecular complexity index is 994. The molecule has 1 atom stereocenters. The molecule has 0 saturated carbocycles. The molecule has 3 aromatic rings. The second-order valence-corrected chi connectivity index (χ2v) is 6.26. The number of pyridine rings is 1. The molecule has 140 valence electrons. The van der Waals surface area contributed by atoms with Crippen molar-refractivity contribution in [2.45, 2.75) is 31.8 Å². The Kier molecular flexibility index (Phi) is 5.65. The number of aromatic nitrogens is 3. The van der Waals surface area contributed by atoms with Crippen molar-refractivity contribution < 1.29 is 14.7 Å². The van der Waals surface area contributed by atoms with Crippen LogP contribution in [0.2, 0.25) is 0 Å². The molecule has 0 aliphatic carbocycles.